The summed E-state index contributed by atoms with van der Waals surface area (Å²) in [5, 5.41) is 16.5. The highest BCUT2D eigenvalue weighted by Gasteiger charge is 2.30. The molecule has 1 atom stereocenters. The first-order valence-electron chi connectivity index (χ1n) is 9.21. The minimum absolute atomic E-state index is 0.0544. The number of anilines is 1. The first-order valence-corrected chi connectivity index (χ1v) is 9.21. The van der Waals surface area contributed by atoms with Crippen molar-refractivity contribution < 1.29 is 14.3 Å². The first-order chi connectivity index (χ1) is 13.6. The maximum Gasteiger partial charge on any atom is 0.341 e. The molecule has 9 heteroatoms. The van der Waals surface area contributed by atoms with Crippen molar-refractivity contribution >= 4 is 17.4 Å². The van der Waals surface area contributed by atoms with Gasteiger partial charge in [-0.3, -0.25) is 4.98 Å². The number of nitrogens with zero attached hydrogens (tertiary/aromatic N) is 5. The summed E-state index contributed by atoms with van der Waals surface area (Å²) in [7, 11) is 1.87. The van der Waals surface area contributed by atoms with E-state index >= 15 is 0 Å². The molecule has 0 aromatic carbocycles. The lowest BCUT2D eigenvalue weighted by molar-refractivity contribution is 0.0698. The predicted molar refractivity (Wildman–Crippen MR) is 101 cm³/mol. The number of hydrogen-bond donors (Lipinski definition) is 2. The van der Waals surface area contributed by atoms with Crippen LogP contribution in [0.2, 0.25) is 0 Å². The van der Waals surface area contributed by atoms with Crippen molar-refractivity contribution in [1.29, 1.82) is 0 Å². The molecule has 1 aliphatic heterocycles. The Kier molecular flexibility index (Phi) is 4.91. The largest absolute Gasteiger partial charge is 0.477 e. The Morgan fingerprint density at radius 2 is 2.29 bits per heavy atom. The Labute approximate surface area is 161 Å². The fourth-order valence-corrected chi connectivity index (χ4v) is 3.76. The number of carboxylic acid groups (broad SMARTS) is 1. The molecule has 28 heavy (non-hydrogen) atoms. The number of carboxylic acids is 1. The van der Waals surface area contributed by atoms with Crippen LogP contribution < -0.4 is 10.2 Å². The van der Waals surface area contributed by atoms with Crippen molar-refractivity contribution in [3.05, 3.63) is 53.4 Å². The smallest absolute Gasteiger partial charge is 0.341 e. The third-order valence-electron chi connectivity index (χ3n) is 5.07. The van der Waals surface area contributed by atoms with Gasteiger partial charge >= 0.3 is 5.97 Å². The third kappa shape index (κ3) is 3.29. The van der Waals surface area contributed by atoms with Crippen LogP contribution in [0.3, 0.4) is 0 Å². The van der Waals surface area contributed by atoms with E-state index in [1.165, 1.54) is 16.9 Å². The highest BCUT2D eigenvalue weighted by atomic mass is 19.1. The van der Waals surface area contributed by atoms with Gasteiger partial charge in [-0.25, -0.2) is 18.7 Å². The molecule has 0 bridgehead atoms. The molecule has 4 heterocycles. The van der Waals surface area contributed by atoms with Crippen molar-refractivity contribution in [1.82, 2.24) is 24.9 Å². The maximum absolute atomic E-state index is 14.0. The molecule has 0 aliphatic carbocycles. The number of fused-ring (bicyclic) bond motifs is 1. The molecule has 4 rings (SSSR count). The van der Waals surface area contributed by atoms with Crippen molar-refractivity contribution in [2.75, 3.05) is 25.0 Å². The van der Waals surface area contributed by atoms with E-state index in [9.17, 15) is 14.3 Å². The molecule has 1 aliphatic rings. The van der Waals surface area contributed by atoms with Crippen molar-refractivity contribution in [2.24, 2.45) is 0 Å². The Balaban J connectivity index is 1.73. The van der Waals surface area contributed by atoms with Gasteiger partial charge in [0.25, 0.3) is 0 Å². The second-order valence-corrected chi connectivity index (χ2v) is 6.81. The molecular weight excluding hydrogens is 363 g/mol. The average Bonchev–Trinajstić information content (AvgIpc) is 3.33. The average molecular weight is 384 g/mol. The van der Waals surface area contributed by atoms with Crippen LogP contribution in [0.25, 0.3) is 5.65 Å². The number of rotatable bonds is 6. The van der Waals surface area contributed by atoms with Crippen molar-refractivity contribution in [2.45, 2.75) is 25.3 Å². The van der Waals surface area contributed by atoms with Crippen molar-refractivity contribution in [3.63, 3.8) is 0 Å². The molecule has 0 radical (unpaired) electrons. The van der Waals surface area contributed by atoms with Crippen LogP contribution in [-0.2, 0) is 6.42 Å². The number of carbonyl (C=O) groups is 1. The van der Waals surface area contributed by atoms with E-state index in [1.54, 1.807) is 12.3 Å². The lowest BCUT2D eigenvalue weighted by Gasteiger charge is -2.27. The Morgan fingerprint density at radius 1 is 1.43 bits per heavy atom. The Bertz CT molecular complexity index is 1020. The Morgan fingerprint density at radius 3 is 3.07 bits per heavy atom. The second kappa shape index (κ2) is 7.51. The monoisotopic (exact) mass is 384 g/mol. The third-order valence-corrected chi connectivity index (χ3v) is 5.07. The van der Waals surface area contributed by atoms with E-state index in [0.29, 0.717) is 17.9 Å². The molecule has 3 aromatic rings. The van der Waals surface area contributed by atoms with E-state index in [1.807, 2.05) is 13.1 Å². The molecule has 1 saturated heterocycles. The van der Waals surface area contributed by atoms with Gasteiger partial charge < -0.3 is 15.3 Å². The number of likely N-dealkylation sites (N-methyl/N-ethyl adjacent to an activating group) is 1. The van der Waals surface area contributed by atoms with Gasteiger partial charge in [-0.2, -0.15) is 5.10 Å². The molecule has 8 nitrogen and oxygen atoms in total. The van der Waals surface area contributed by atoms with Gasteiger partial charge in [0.2, 0.25) is 0 Å². The van der Waals surface area contributed by atoms with Gasteiger partial charge in [0.1, 0.15) is 17.2 Å². The van der Waals surface area contributed by atoms with Crippen LogP contribution in [-0.4, -0.2) is 50.8 Å². The van der Waals surface area contributed by atoms with E-state index in [2.05, 4.69) is 25.3 Å². The van der Waals surface area contributed by atoms with Crippen LogP contribution in [0.4, 0.5) is 10.2 Å². The summed E-state index contributed by atoms with van der Waals surface area (Å²) in [6, 6.07) is 3.31. The van der Waals surface area contributed by atoms with Gasteiger partial charge in [0.15, 0.2) is 5.65 Å². The first kappa shape index (κ1) is 18.3. The molecule has 2 N–H and O–H groups in total. The number of hydrogen-bond acceptors (Lipinski definition) is 6. The fourth-order valence-electron chi connectivity index (χ4n) is 3.76. The number of pyridine rings is 1. The van der Waals surface area contributed by atoms with Crippen molar-refractivity contribution in [3.8, 4) is 0 Å². The highest BCUT2D eigenvalue weighted by Crippen LogP contribution is 2.37. The van der Waals surface area contributed by atoms with E-state index in [0.717, 1.165) is 37.2 Å². The summed E-state index contributed by atoms with van der Waals surface area (Å²) in [6.45, 7) is 1.51. The summed E-state index contributed by atoms with van der Waals surface area (Å²) >= 11 is 0. The topological polar surface area (TPSA) is 95.7 Å². The van der Waals surface area contributed by atoms with Crippen LogP contribution in [0, 0.1) is 5.82 Å². The standard InChI is InChI=1S/C19H21FN6O2/c1-21-6-4-15-13(9-12(20)10-22-15)16-3-2-7-25(16)17-5-8-26-18(24-17)14(11-23-26)19(27)28/h5,8-11,16,21H,2-4,6-7H2,1H3,(H,27,28). The van der Waals surface area contributed by atoms with Crippen LogP contribution >= 0.6 is 0 Å². The summed E-state index contributed by atoms with van der Waals surface area (Å²) in [4.78, 5) is 22.4. The fraction of sp³-hybridized carbons (Fsp3) is 0.368. The quantitative estimate of drug-likeness (QED) is 0.672. The number of halogens is 1. The SMILES string of the molecule is CNCCc1ncc(F)cc1C1CCCN1c1ccn2ncc(C(=O)O)c2n1. The number of aromatic carboxylic acids is 1. The lowest BCUT2D eigenvalue weighted by Crippen LogP contribution is -2.26. The van der Waals surface area contributed by atoms with Gasteiger partial charge in [-0.05, 0) is 37.6 Å². The van der Waals surface area contributed by atoms with E-state index in [-0.39, 0.29) is 17.4 Å². The maximum atomic E-state index is 14.0. The summed E-state index contributed by atoms with van der Waals surface area (Å²) in [5.74, 6) is -0.773. The van der Waals surface area contributed by atoms with E-state index in [4.69, 9.17) is 0 Å². The zero-order valence-corrected chi connectivity index (χ0v) is 15.5. The zero-order chi connectivity index (χ0) is 19.7. The normalized spacial score (nSPS) is 16.8. The summed E-state index contributed by atoms with van der Waals surface area (Å²) in [5.41, 5.74) is 2.08. The molecule has 3 aromatic heterocycles. The predicted octanol–water partition coefficient (Wildman–Crippen LogP) is 2.06. The van der Waals surface area contributed by atoms with Gasteiger partial charge in [-0.15, -0.1) is 0 Å². The van der Waals surface area contributed by atoms with E-state index < -0.39 is 5.97 Å². The zero-order valence-electron chi connectivity index (χ0n) is 15.5. The molecule has 0 saturated carbocycles. The minimum atomic E-state index is -1.07. The van der Waals surface area contributed by atoms with Crippen LogP contribution in [0.5, 0.6) is 0 Å². The minimum Gasteiger partial charge on any atom is -0.477 e. The van der Waals surface area contributed by atoms with Gasteiger partial charge in [-0.1, -0.05) is 0 Å². The van der Waals surface area contributed by atoms with Crippen LogP contribution in [0.1, 0.15) is 40.5 Å². The van der Waals surface area contributed by atoms with Gasteiger partial charge in [0.05, 0.1) is 18.4 Å². The molecule has 1 fully saturated rings. The molecule has 146 valence electrons. The molecule has 1 unspecified atom stereocenters. The molecule has 0 spiro atoms. The summed E-state index contributed by atoms with van der Waals surface area (Å²) in [6.07, 6.45) is 6.74. The molecular formula is C19H21FN6O2. The number of aromatic nitrogens is 4. The van der Waals surface area contributed by atoms with Crippen LogP contribution in [0.15, 0.2) is 30.7 Å². The highest BCUT2D eigenvalue weighted by molar-refractivity contribution is 5.94. The number of nitrogens with one attached hydrogen (secondary N) is 1. The Hall–Kier alpha value is -3.07. The lowest BCUT2D eigenvalue weighted by atomic mass is 10.0. The molecule has 0 amide bonds. The summed E-state index contributed by atoms with van der Waals surface area (Å²) < 4.78 is 15.4. The second-order valence-electron chi connectivity index (χ2n) is 6.81. The van der Waals surface area contributed by atoms with Gasteiger partial charge in [0, 0.05) is 31.4 Å².